The van der Waals surface area contributed by atoms with Gasteiger partial charge in [-0.1, -0.05) is 114 Å². The minimum Gasteiger partial charge on any atom is -0.297 e. The largest absolute Gasteiger partial charge is 0.297 e. The molecule has 0 amide bonds. The zero-order chi connectivity index (χ0) is 29.4. The van der Waals surface area contributed by atoms with E-state index in [2.05, 4.69) is 62.4 Å². The normalized spacial score (nSPS) is 27.5. The molecule has 0 heterocycles. The third kappa shape index (κ3) is 6.63. The molecule has 3 saturated carbocycles. The van der Waals surface area contributed by atoms with Gasteiger partial charge in [-0.15, -0.1) is 0 Å². The molecule has 5 rings (SSSR count). The number of benzene rings is 2. The van der Waals surface area contributed by atoms with E-state index >= 15 is 0 Å². The van der Waals surface area contributed by atoms with Gasteiger partial charge in [0.2, 0.25) is 0 Å². The summed E-state index contributed by atoms with van der Waals surface area (Å²) in [6, 6.07) is 18.5. The maximum absolute atomic E-state index is 13.8. The first-order valence-electron chi connectivity index (χ1n) is 17.8. The Morgan fingerprint density at radius 2 is 0.833 bits per heavy atom. The van der Waals surface area contributed by atoms with Crippen LogP contribution in [0.2, 0.25) is 0 Å². The van der Waals surface area contributed by atoms with E-state index in [1.807, 2.05) is 0 Å². The smallest absolute Gasteiger partial charge is 0.159 e. The van der Waals surface area contributed by atoms with Crippen LogP contribution in [0.1, 0.15) is 164 Å². The Bertz CT molecular complexity index is 1030. The van der Waals surface area contributed by atoms with Gasteiger partial charge in [0, 0.05) is 0 Å². The number of Topliss-reactive ketones (excluding diaryl/α,β-unsaturated/α-hetero) is 2. The van der Waals surface area contributed by atoms with Crippen molar-refractivity contribution in [1.29, 1.82) is 0 Å². The molecule has 228 valence electrons. The SMILES string of the molecule is CCCCCCCc1ccc(C2CCC3(CC2)C(=O)C2(CCC(c4ccc(CCCCCCC)cc4)CC2)C3=O)cc1. The van der Waals surface area contributed by atoms with Gasteiger partial charge >= 0.3 is 0 Å². The lowest BCUT2D eigenvalue weighted by Gasteiger charge is -2.57. The minimum absolute atomic E-state index is 0.314. The van der Waals surface area contributed by atoms with Gasteiger partial charge in [-0.3, -0.25) is 9.59 Å². The van der Waals surface area contributed by atoms with E-state index in [0.717, 1.165) is 51.4 Å². The second-order valence-corrected chi connectivity index (χ2v) is 14.2. The van der Waals surface area contributed by atoms with Gasteiger partial charge in [-0.25, -0.2) is 0 Å². The average Bonchev–Trinajstić information content (AvgIpc) is 3.05. The Kier molecular flexibility index (Phi) is 10.8. The summed E-state index contributed by atoms with van der Waals surface area (Å²) in [5.74, 6) is 1.60. The minimum atomic E-state index is -0.652. The number of carbonyl (C=O) groups excluding carboxylic acids is 2. The average molecular weight is 569 g/mol. The van der Waals surface area contributed by atoms with E-state index in [1.54, 1.807) is 0 Å². The van der Waals surface area contributed by atoms with E-state index < -0.39 is 10.8 Å². The molecule has 0 radical (unpaired) electrons. The summed E-state index contributed by atoms with van der Waals surface area (Å²) >= 11 is 0. The first-order chi connectivity index (χ1) is 20.5. The molecule has 2 heteroatoms. The molecule has 2 nitrogen and oxygen atoms in total. The Balaban J connectivity index is 1.08. The van der Waals surface area contributed by atoms with Crippen LogP contribution >= 0.6 is 0 Å². The standard InChI is InChI=1S/C40H56O2/c1-3-5-7-9-11-13-31-15-19-33(20-16-31)35-23-27-39(28-24-35)37(41)40(38(39)42)29-25-36(26-30-40)34-21-17-32(18-22-34)14-12-10-8-6-4-2/h15-22,35-36H,3-14,23-30H2,1-2H3. The van der Waals surface area contributed by atoms with E-state index in [1.165, 1.54) is 99.3 Å². The summed E-state index contributed by atoms with van der Waals surface area (Å²) in [4.78, 5) is 27.6. The predicted molar refractivity (Wildman–Crippen MR) is 175 cm³/mol. The van der Waals surface area contributed by atoms with Crippen LogP contribution in [0.3, 0.4) is 0 Å². The van der Waals surface area contributed by atoms with Crippen molar-refractivity contribution >= 4 is 11.6 Å². The highest BCUT2D eigenvalue weighted by Gasteiger charge is 2.70. The van der Waals surface area contributed by atoms with Crippen LogP contribution in [-0.4, -0.2) is 11.6 Å². The lowest BCUT2D eigenvalue weighted by molar-refractivity contribution is -0.177. The first-order valence-corrected chi connectivity index (χ1v) is 17.8. The molecule has 0 aromatic heterocycles. The van der Waals surface area contributed by atoms with Gasteiger partial charge in [0.15, 0.2) is 11.6 Å². The Morgan fingerprint density at radius 1 is 0.500 bits per heavy atom. The van der Waals surface area contributed by atoms with Gasteiger partial charge < -0.3 is 0 Å². The van der Waals surface area contributed by atoms with Crippen LogP contribution in [0.15, 0.2) is 48.5 Å². The van der Waals surface area contributed by atoms with E-state index in [9.17, 15) is 9.59 Å². The molecule has 3 aliphatic rings. The number of rotatable bonds is 14. The van der Waals surface area contributed by atoms with Gasteiger partial charge in [0.25, 0.3) is 0 Å². The molecule has 2 aromatic rings. The molecule has 0 unspecified atom stereocenters. The van der Waals surface area contributed by atoms with Crippen molar-refractivity contribution in [3.05, 3.63) is 70.8 Å². The van der Waals surface area contributed by atoms with E-state index in [-0.39, 0.29) is 0 Å². The summed E-state index contributed by atoms with van der Waals surface area (Å²) in [6.07, 6.45) is 22.5. The topological polar surface area (TPSA) is 34.1 Å². The molecule has 3 aliphatic carbocycles. The van der Waals surface area contributed by atoms with Gasteiger partial charge in [-0.05, 0) is 111 Å². The number of unbranched alkanes of at least 4 members (excludes halogenated alkanes) is 8. The van der Waals surface area contributed by atoms with Crippen molar-refractivity contribution in [3.63, 3.8) is 0 Å². The third-order valence-electron chi connectivity index (χ3n) is 11.5. The maximum Gasteiger partial charge on any atom is 0.159 e. The summed E-state index contributed by atoms with van der Waals surface area (Å²) in [7, 11) is 0. The Labute approximate surface area is 256 Å². The second-order valence-electron chi connectivity index (χ2n) is 14.2. The lowest BCUT2D eigenvalue weighted by atomic mass is 9.42. The molecule has 2 aromatic carbocycles. The third-order valence-corrected chi connectivity index (χ3v) is 11.5. The number of carbonyl (C=O) groups is 2. The predicted octanol–water partition coefficient (Wildman–Crippen LogP) is 10.9. The summed E-state index contributed by atoms with van der Waals surface area (Å²) in [5, 5.41) is 0. The molecule has 42 heavy (non-hydrogen) atoms. The van der Waals surface area contributed by atoms with Gasteiger partial charge in [-0.2, -0.15) is 0 Å². The Hall–Kier alpha value is -2.22. The van der Waals surface area contributed by atoms with E-state index in [4.69, 9.17) is 0 Å². The second kappa shape index (κ2) is 14.5. The molecule has 0 atom stereocenters. The fourth-order valence-electron chi connectivity index (χ4n) is 8.63. The quantitative estimate of drug-likeness (QED) is 0.168. The van der Waals surface area contributed by atoms with Crippen molar-refractivity contribution in [2.45, 2.75) is 154 Å². The molecular formula is C40H56O2. The fraction of sp³-hybridized carbons (Fsp3) is 0.650. The van der Waals surface area contributed by atoms with Crippen molar-refractivity contribution in [1.82, 2.24) is 0 Å². The molecule has 0 aliphatic heterocycles. The molecule has 3 fully saturated rings. The van der Waals surface area contributed by atoms with Crippen molar-refractivity contribution in [2.24, 2.45) is 10.8 Å². The zero-order valence-corrected chi connectivity index (χ0v) is 26.7. The number of hydrogen-bond acceptors (Lipinski definition) is 2. The Morgan fingerprint density at radius 3 is 1.17 bits per heavy atom. The van der Waals surface area contributed by atoms with Crippen LogP contribution in [0.5, 0.6) is 0 Å². The van der Waals surface area contributed by atoms with Crippen LogP contribution in [0, 0.1) is 10.8 Å². The highest BCUT2D eigenvalue weighted by atomic mass is 16.2. The van der Waals surface area contributed by atoms with Gasteiger partial charge in [0.1, 0.15) is 0 Å². The zero-order valence-electron chi connectivity index (χ0n) is 26.7. The summed E-state index contributed by atoms with van der Waals surface area (Å²) in [6.45, 7) is 4.53. The molecule has 2 spiro atoms. The molecule has 0 bridgehead atoms. The van der Waals surface area contributed by atoms with E-state index in [0.29, 0.717) is 23.4 Å². The maximum atomic E-state index is 13.8. The summed E-state index contributed by atoms with van der Waals surface area (Å²) < 4.78 is 0. The molecular weight excluding hydrogens is 512 g/mol. The monoisotopic (exact) mass is 568 g/mol. The van der Waals surface area contributed by atoms with Crippen molar-refractivity contribution in [3.8, 4) is 0 Å². The van der Waals surface area contributed by atoms with Crippen molar-refractivity contribution < 1.29 is 9.59 Å². The highest BCUT2D eigenvalue weighted by Crippen LogP contribution is 2.62. The lowest BCUT2D eigenvalue weighted by Crippen LogP contribution is -2.68. The number of aryl methyl sites for hydroxylation is 2. The molecule has 0 N–H and O–H groups in total. The highest BCUT2D eigenvalue weighted by molar-refractivity contribution is 6.30. The first kappa shape index (κ1) is 31.2. The van der Waals surface area contributed by atoms with Gasteiger partial charge in [0.05, 0.1) is 10.8 Å². The van der Waals surface area contributed by atoms with Crippen LogP contribution in [0.25, 0.3) is 0 Å². The molecule has 0 saturated heterocycles. The number of ketones is 2. The van der Waals surface area contributed by atoms with Crippen molar-refractivity contribution in [2.75, 3.05) is 0 Å². The fourth-order valence-corrected chi connectivity index (χ4v) is 8.63. The summed E-state index contributed by atoms with van der Waals surface area (Å²) in [5.41, 5.74) is 4.38. The van der Waals surface area contributed by atoms with Crippen LogP contribution < -0.4 is 0 Å². The van der Waals surface area contributed by atoms with Crippen LogP contribution in [-0.2, 0) is 22.4 Å². The number of hydrogen-bond donors (Lipinski definition) is 0. The van der Waals surface area contributed by atoms with Crippen LogP contribution in [0.4, 0.5) is 0 Å².